The number of ether oxygens (including phenoxy) is 2. The third-order valence-electron chi connectivity index (χ3n) is 5.17. The average molecular weight is 385 g/mol. The Morgan fingerprint density at radius 3 is 2.93 bits per heavy atom. The van der Waals surface area contributed by atoms with Crippen LogP contribution in [0.25, 0.3) is 11.0 Å². The molecule has 4 rings (SSSR count). The second-order valence-electron chi connectivity index (χ2n) is 7.07. The molecule has 2 aromatic heterocycles. The molecule has 28 heavy (non-hydrogen) atoms. The number of benzene rings is 1. The van der Waals surface area contributed by atoms with Crippen molar-refractivity contribution in [2.45, 2.75) is 37.5 Å². The minimum atomic E-state index is -1.52. The Labute approximate surface area is 161 Å². The van der Waals surface area contributed by atoms with Crippen LogP contribution in [0.4, 0.5) is 5.82 Å². The zero-order valence-corrected chi connectivity index (χ0v) is 15.4. The number of aromatic nitrogens is 3. The van der Waals surface area contributed by atoms with E-state index in [1.807, 2.05) is 18.2 Å². The number of nitrogens with two attached hydrogens (primary N) is 2. The van der Waals surface area contributed by atoms with E-state index in [0.29, 0.717) is 29.1 Å². The molecule has 0 spiro atoms. The summed E-state index contributed by atoms with van der Waals surface area (Å²) in [6, 6.07) is 9.13. The molecule has 0 aliphatic carbocycles. The predicted octanol–water partition coefficient (Wildman–Crippen LogP) is 0.560. The van der Waals surface area contributed by atoms with E-state index in [2.05, 4.69) is 9.97 Å². The standard InChI is InChI=1S/C19H23N5O4/c1-19(26)14(9-27-12-4-2-3-11(7-12)8-20)28-18(15(19)25)24-6-5-13-16(21)22-10-23-17(13)24/h2-7,10,14-15,18,25-26H,8-9,20H2,1H3,(H2,21,22,23)/t14-,15+,18-,19-/m1/s1. The Kier molecular flexibility index (Phi) is 4.68. The van der Waals surface area contributed by atoms with Crippen molar-refractivity contribution in [3.05, 3.63) is 48.4 Å². The van der Waals surface area contributed by atoms with Gasteiger partial charge in [0.25, 0.3) is 0 Å². The fourth-order valence-corrected chi connectivity index (χ4v) is 3.42. The Bertz CT molecular complexity index is 989. The van der Waals surface area contributed by atoms with Gasteiger partial charge in [0.15, 0.2) is 6.23 Å². The molecule has 148 valence electrons. The molecule has 1 fully saturated rings. The van der Waals surface area contributed by atoms with Crippen LogP contribution < -0.4 is 16.2 Å². The first-order chi connectivity index (χ1) is 13.4. The molecule has 0 bridgehead atoms. The van der Waals surface area contributed by atoms with Gasteiger partial charge in [-0.1, -0.05) is 12.1 Å². The van der Waals surface area contributed by atoms with Gasteiger partial charge < -0.3 is 35.7 Å². The van der Waals surface area contributed by atoms with Crippen LogP contribution in [-0.4, -0.2) is 49.2 Å². The van der Waals surface area contributed by atoms with E-state index in [9.17, 15) is 10.2 Å². The van der Waals surface area contributed by atoms with Crippen molar-refractivity contribution in [2.24, 2.45) is 5.73 Å². The first kappa shape index (κ1) is 18.6. The van der Waals surface area contributed by atoms with Crippen molar-refractivity contribution in [1.82, 2.24) is 14.5 Å². The molecule has 1 aromatic carbocycles. The second kappa shape index (κ2) is 7.02. The van der Waals surface area contributed by atoms with Gasteiger partial charge >= 0.3 is 0 Å². The Hall–Kier alpha value is -2.72. The summed E-state index contributed by atoms with van der Waals surface area (Å²) in [5.41, 5.74) is 11.5. The molecule has 0 amide bonds. The van der Waals surface area contributed by atoms with E-state index in [0.717, 1.165) is 5.56 Å². The van der Waals surface area contributed by atoms with Crippen molar-refractivity contribution in [3.8, 4) is 5.75 Å². The lowest BCUT2D eigenvalue weighted by atomic mass is 9.95. The van der Waals surface area contributed by atoms with Gasteiger partial charge in [-0.15, -0.1) is 0 Å². The lowest BCUT2D eigenvalue weighted by Gasteiger charge is -2.26. The van der Waals surface area contributed by atoms with E-state index in [4.69, 9.17) is 20.9 Å². The number of hydrogen-bond donors (Lipinski definition) is 4. The van der Waals surface area contributed by atoms with Crippen molar-refractivity contribution < 1.29 is 19.7 Å². The van der Waals surface area contributed by atoms with E-state index < -0.39 is 24.0 Å². The molecule has 0 saturated carbocycles. The van der Waals surface area contributed by atoms with Gasteiger partial charge in [-0.05, 0) is 30.7 Å². The molecule has 0 unspecified atom stereocenters. The van der Waals surface area contributed by atoms with Crippen LogP contribution in [0, 0.1) is 0 Å². The van der Waals surface area contributed by atoms with Crippen LogP contribution in [0.2, 0.25) is 0 Å². The highest BCUT2D eigenvalue weighted by Crippen LogP contribution is 2.39. The number of aliphatic hydroxyl groups excluding tert-OH is 1. The number of rotatable bonds is 5. The zero-order valence-electron chi connectivity index (χ0n) is 15.4. The molecule has 4 atom stereocenters. The topological polar surface area (TPSA) is 142 Å². The number of fused-ring (bicyclic) bond motifs is 1. The van der Waals surface area contributed by atoms with Crippen molar-refractivity contribution in [2.75, 3.05) is 12.3 Å². The van der Waals surface area contributed by atoms with Gasteiger partial charge in [-0.2, -0.15) is 0 Å². The van der Waals surface area contributed by atoms with E-state index >= 15 is 0 Å². The van der Waals surface area contributed by atoms with Gasteiger partial charge in [0.05, 0.1) is 5.39 Å². The fraction of sp³-hybridized carbons (Fsp3) is 0.368. The maximum atomic E-state index is 10.9. The molecule has 0 radical (unpaired) electrons. The minimum Gasteiger partial charge on any atom is -0.491 e. The summed E-state index contributed by atoms with van der Waals surface area (Å²) in [5.74, 6) is 0.954. The monoisotopic (exact) mass is 385 g/mol. The van der Waals surface area contributed by atoms with Crippen LogP contribution in [0.15, 0.2) is 42.9 Å². The SMILES string of the molecule is C[C@@]1(O)[C@@H](COc2cccc(CN)c2)O[C@@H](n2ccc3c(N)ncnc32)[C@@H]1O. The highest BCUT2D eigenvalue weighted by Gasteiger charge is 2.53. The van der Waals surface area contributed by atoms with Gasteiger partial charge in [0, 0.05) is 12.7 Å². The average Bonchev–Trinajstić information content (AvgIpc) is 3.21. The summed E-state index contributed by atoms with van der Waals surface area (Å²) in [6.07, 6.45) is 0.256. The maximum absolute atomic E-state index is 10.9. The summed E-state index contributed by atoms with van der Waals surface area (Å²) < 4.78 is 13.4. The molecular formula is C19H23N5O4. The summed E-state index contributed by atoms with van der Waals surface area (Å²) in [5, 5.41) is 22.2. The molecule has 3 aromatic rings. The predicted molar refractivity (Wildman–Crippen MR) is 102 cm³/mol. The van der Waals surface area contributed by atoms with Crippen LogP contribution in [0.5, 0.6) is 5.75 Å². The van der Waals surface area contributed by atoms with Crippen LogP contribution in [-0.2, 0) is 11.3 Å². The number of nitrogens with zero attached hydrogens (tertiary/aromatic N) is 3. The van der Waals surface area contributed by atoms with E-state index in [1.165, 1.54) is 13.3 Å². The molecular weight excluding hydrogens is 362 g/mol. The number of anilines is 1. The van der Waals surface area contributed by atoms with E-state index in [-0.39, 0.29) is 6.61 Å². The number of aliphatic hydroxyl groups is 2. The van der Waals surface area contributed by atoms with Crippen molar-refractivity contribution >= 4 is 16.9 Å². The molecule has 1 aliphatic rings. The second-order valence-corrected chi connectivity index (χ2v) is 7.07. The first-order valence-electron chi connectivity index (χ1n) is 8.96. The van der Waals surface area contributed by atoms with Gasteiger partial charge in [0.1, 0.15) is 48.0 Å². The van der Waals surface area contributed by atoms with Crippen LogP contribution in [0.3, 0.4) is 0 Å². The quantitative estimate of drug-likeness (QED) is 0.499. The Morgan fingerprint density at radius 1 is 1.32 bits per heavy atom. The lowest BCUT2D eigenvalue weighted by molar-refractivity contribution is -0.0765. The minimum absolute atomic E-state index is 0.0604. The van der Waals surface area contributed by atoms with Crippen molar-refractivity contribution in [3.63, 3.8) is 0 Å². The maximum Gasteiger partial charge on any atom is 0.164 e. The van der Waals surface area contributed by atoms with E-state index in [1.54, 1.807) is 22.9 Å². The smallest absolute Gasteiger partial charge is 0.164 e. The summed E-state index contributed by atoms with van der Waals surface area (Å²) >= 11 is 0. The first-order valence-corrected chi connectivity index (χ1v) is 8.96. The summed E-state index contributed by atoms with van der Waals surface area (Å²) in [6.45, 7) is 1.99. The van der Waals surface area contributed by atoms with Crippen molar-refractivity contribution in [1.29, 1.82) is 0 Å². The van der Waals surface area contributed by atoms with Gasteiger partial charge in [0.2, 0.25) is 0 Å². The Morgan fingerprint density at radius 2 is 2.14 bits per heavy atom. The molecule has 9 heteroatoms. The molecule has 6 N–H and O–H groups in total. The van der Waals surface area contributed by atoms with Gasteiger partial charge in [-0.25, -0.2) is 9.97 Å². The molecule has 3 heterocycles. The largest absolute Gasteiger partial charge is 0.491 e. The molecule has 1 saturated heterocycles. The summed E-state index contributed by atoms with van der Waals surface area (Å²) in [7, 11) is 0. The Balaban J connectivity index is 1.56. The summed E-state index contributed by atoms with van der Waals surface area (Å²) in [4.78, 5) is 8.18. The fourth-order valence-electron chi connectivity index (χ4n) is 3.42. The third-order valence-corrected chi connectivity index (χ3v) is 5.17. The van der Waals surface area contributed by atoms with Crippen LogP contribution >= 0.6 is 0 Å². The number of hydrogen-bond acceptors (Lipinski definition) is 8. The molecule has 1 aliphatic heterocycles. The normalized spacial score (nSPS) is 27.4. The highest BCUT2D eigenvalue weighted by molar-refractivity contribution is 5.86. The number of nitrogen functional groups attached to an aromatic ring is 1. The van der Waals surface area contributed by atoms with Gasteiger partial charge in [-0.3, -0.25) is 0 Å². The molecule has 9 nitrogen and oxygen atoms in total. The highest BCUT2D eigenvalue weighted by atomic mass is 16.6. The lowest BCUT2D eigenvalue weighted by Crippen LogP contribution is -2.47. The van der Waals surface area contributed by atoms with Crippen LogP contribution in [0.1, 0.15) is 18.7 Å². The third kappa shape index (κ3) is 3.08. The zero-order chi connectivity index (χ0) is 19.9.